The van der Waals surface area contributed by atoms with Gasteiger partial charge < -0.3 is 29.2 Å². The average molecular weight is 497 g/mol. The first-order valence-electron chi connectivity index (χ1n) is 11.4. The summed E-state index contributed by atoms with van der Waals surface area (Å²) in [6.07, 6.45) is 2.01. The lowest BCUT2D eigenvalue weighted by Gasteiger charge is -2.38. The fourth-order valence-electron chi connectivity index (χ4n) is 4.35. The van der Waals surface area contributed by atoms with Crippen LogP contribution in [0.15, 0.2) is 60.8 Å². The van der Waals surface area contributed by atoms with Crippen molar-refractivity contribution in [1.29, 1.82) is 0 Å². The van der Waals surface area contributed by atoms with Crippen LogP contribution >= 0.6 is 11.6 Å². The van der Waals surface area contributed by atoms with Crippen LogP contribution in [-0.4, -0.2) is 60.2 Å². The fourth-order valence-corrected chi connectivity index (χ4v) is 4.59. The number of fused-ring (bicyclic) bond motifs is 1. The third kappa shape index (κ3) is 5.07. The molecule has 0 saturated carbocycles. The molecule has 4 rings (SSSR count). The van der Waals surface area contributed by atoms with Gasteiger partial charge in [0.15, 0.2) is 0 Å². The number of ether oxygens (including phenoxy) is 2. The Bertz CT molecular complexity index is 1210. The molecular formula is C26H29ClN4O4. The van der Waals surface area contributed by atoms with Gasteiger partial charge >= 0.3 is 6.03 Å². The second kappa shape index (κ2) is 10.7. The summed E-state index contributed by atoms with van der Waals surface area (Å²) in [6.45, 7) is 3.32. The fraction of sp³-hybridized carbons (Fsp3) is 0.308. The smallest absolute Gasteiger partial charge is 0.322 e. The van der Waals surface area contributed by atoms with Gasteiger partial charge in [-0.3, -0.25) is 4.79 Å². The van der Waals surface area contributed by atoms with E-state index in [0.29, 0.717) is 41.8 Å². The summed E-state index contributed by atoms with van der Waals surface area (Å²) >= 11 is 6.54. The highest BCUT2D eigenvalue weighted by Crippen LogP contribution is 2.36. The molecule has 184 valence electrons. The lowest BCUT2D eigenvalue weighted by atomic mass is 9.99. The maximum absolute atomic E-state index is 13.6. The van der Waals surface area contributed by atoms with Crippen molar-refractivity contribution in [3.05, 3.63) is 77.1 Å². The van der Waals surface area contributed by atoms with Crippen LogP contribution in [0.3, 0.4) is 0 Å². The molecule has 0 aliphatic carbocycles. The number of likely N-dealkylation sites (N-methyl/N-ethyl adjacent to an activating group) is 1. The molecule has 0 radical (unpaired) electrons. The minimum atomic E-state index is -0.390. The molecule has 0 bridgehead atoms. The largest absolute Gasteiger partial charge is 0.497 e. The van der Waals surface area contributed by atoms with E-state index >= 15 is 0 Å². The van der Waals surface area contributed by atoms with Crippen LogP contribution in [0, 0.1) is 0 Å². The van der Waals surface area contributed by atoms with E-state index in [4.69, 9.17) is 21.1 Å². The van der Waals surface area contributed by atoms with Crippen molar-refractivity contribution in [2.75, 3.05) is 39.2 Å². The van der Waals surface area contributed by atoms with Crippen molar-refractivity contribution >= 4 is 29.2 Å². The van der Waals surface area contributed by atoms with Crippen molar-refractivity contribution in [2.45, 2.75) is 19.5 Å². The van der Waals surface area contributed by atoms with E-state index < -0.39 is 0 Å². The molecule has 0 spiro atoms. The molecule has 1 unspecified atom stereocenters. The number of aromatic nitrogens is 1. The number of urea groups is 1. The number of amides is 3. The third-order valence-electron chi connectivity index (χ3n) is 6.20. The Morgan fingerprint density at radius 1 is 1.09 bits per heavy atom. The van der Waals surface area contributed by atoms with Crippen molar-refractivity contribution in [3.63, 3.8) is 0 Å². The van der Waals surface area contributed by atoms with E-state index in [0.717, 1.165) is 11.3 Å². The Hall–Kier alpha value is -3.65. The van der Waals surface area contributed by atoms with Gasteiger partial charge in [-0.15, -0.1) is 0 Å². The molecule has 0 saturated heterocycles. The molecule has 35 heavy (non-hydrogen) atoms. The number of halogens is 1. The summed E-state index contributed by atoms with van der Waals surface area (Å²) in [5.74, 6) is 0.930. The van der Waals surface area contributed by atoms with Gasteiger partial charge in [0, 0.05) is 42.6 Å². The number of rotatable bonds is 7. The average Bonchev–Trinajstić information content (AvgIpc) is 3.36. The Balaban J connectivity index is 1.54. The van der Waals surface area contributed by atoms with E-state index in [1.54, 1.807) is 30.2 Å². The number of benzene rings is 2. The van der Waals surface area contributed by atoms with Gasteiger partial charge in [0.05, 0.1) is 25.9 Å². The van der Waals surface area contributed by atoms with Gasteiger partial charge in [-0.25, -0.2) is 4.79 Å². The Labute approximate surface area is 210 Å². The Kier molecular flexibility index (Phi) is 7.51. The van der Waals surface area contributed by atoms with Crippen LogP contribution in [0.4, 0.5) is 10.5 Å². The van der Waals surface area contributed by atoms with Gasteiger partial charge in [0.1, 0.15) is 18.0 Å². The molecule has 0 fully saturated rings. The normalized spacial score (nSPS) is 14.7. The molecule has 3 amide bonds. The van der Waals surface area contributed by atoms with E-state index in [9.17, 15) is 9.59 Å². The number of carbonyl (C=O) groups is 2. The quantitative estimate of drug-likeness (QED) is 0.517. The van der Waals surface area contributed by atoms with Crippen LogP contribution < -0.4 is 14.8 Å². The van der Waals surface area contributed by atoms with Crippen molar-refractivity contribution < 1.29 is 19.1 Å². The van der Waals surface area contributed by atoms with Crippen LogP contribution in [0.25, 0.3) is 0 Å². The topological polar surface area (TPSA) is 76.0 Å². The molecule has 3 aromatic rings. The van der Waals surface area contributed by atoms with Gasteiger partial charge in [0.2, 0.25) is 5.91 Å². The maximum Gasteiger partial charge on any atom is 0.322 e. The lowest BCUT2D eigenvalue weighted by Crippen LogP contribution is -2.48. The number of nitrogens with zero attached hydrogens (tertiary/aromatic N) is 3. The minimum Gasteiger partial charge on any atom is -0.497 e. The highest BCUT2D eigenvalue weighted by atomic mass is 35.5. The predicted octanol–water partition coefficient (Wildman–Crippen LogP) is 4.64. The van der Waals surface area contributed by atoms with Crippen LogP contribution in [0.2, 0.25) is 5.02 Å². The third-order valence-corrected chi connectivity index (χ3v) is 6.55. The summed E-state index contributed by atoms with van der Waals surface area (Å²) in [5, 5.41) is 3.44. The second-order valence-electron chi connectivity index (χ2n) is 8.15. The number of nitrogens with one attached hydrogen (secondary N) is 1. The molecule has 1 aliphatic rings. The summed E-state index contributed by atoms with van der Waals surface area (Å²) in [5.41, 5.74) is 2.35. The summed E-state index contributed by atoms with van der Waals surface area (Å²) in [6, 6.07) is 15.9. The predicted molar refractivity (Wildman–Crippen MR) is 135 cm³/mol. The zero-order chi connectivity index (χ0) is 24.9. The first-order chi connectivity index (χ1) is 17.0. The highest BCUT2D eigenvalue weighted by molar-refractivity contribution is 6.31. The van der Waals surface area contributed by atoms with Gasteiger partial charge in [-0.2, -0.15) is 0 Å². The van der Waals surface area contributed by atoms with E-state index in [-0.39, 0.29) is 24.5 Å². The summed E-state index contributed by atoms with van der Waals surface area (Å²) in [4.78, 5) is 29.9. The molecule has 1 N–H and O–H groups in total. The zero-order valence-corrected chi connectivity index (χ0v) is 20.8. The molecule has 1 aliphatic heterocycles. The lowest BCUT2D eigenvalue weighted by molar-refractivity contribution is -0.134. The molecular weight excluding hydrogens is 468 g/mol. The van der Waals surface area contributed by atoms with Gasteiger partial charge in [0.25, 0.3) is 0 Å². The maximum atomic E-state index is 13.6. The first-order valence-corrected chi connectivity index (χ1v) is 11.8. The number of methoxy groups -OCH3 is 2. The number of anilines is 1. The number of carbonyl (C=O) groups excluding carboxylic acids is 2. The van der Waals surface area contributed by atoms with E-state index in [1.807, 2.05) is 49.5 Å². The molecule has 9 heteroatoms. The SMILES string of the molecule is CCN(CC(=O)N1CCn2cccc2C1c1ccccc1Cl)C(=O)Nc1ccc(OC)cc1OC. The molecule has 1 atom stereocenters. The number of hydrogen-bond acceptors (Lipinski definition) is 4. The summed E-state index contributed by atoms with van der Waals surface area (Å²) in [7, 11) is 3.08. The molecule has 8 nitrogen and oxygen atoms in total. The zero-order valence-electron chi connectivity index (χ0n) is 20.0. The number of hydrogen-bond donors (Lipinski definition) is 1. The first kappa shape index (κ1) is 24.5. The van der Waals surface area contributed by atoms with Crippen molar-refractivity contribution in [3.8, 4) is 11.5 Å². The van der Waals surface area contributed by atoms with Crippen LogP contribution in [0.1, 0.15) is 24.2 Å². The van der Waals surface area contributed by atoms with Crippen LogP contribution in [0.5, 0.6) is 11.5 Å². The molecule has 2 aromatic carbocycles. The van der Waals surface area contributed by atoms with E-state index in [1.165, 1.54) is 12.0 Å². The second-order valence-corrected chi connectivity index (χ2v) is 8.56. The van der Waals surface area contributed by atoms with Crippen molar-refractivity contribution in [1.82, 2.24) is 14.4 Å². The highest BCUT2D eigenvalue weighted by Gasteiger charge is 2.34. The van der Waals surface area contributed by atoms with Gasteiger partial charge in [-0.05, 0) is 42.8 Å². The Morgan fingerprint density at radius 3 is 2.60 bits per heavy atom. The van der Waals surface area contributed by atoms with E-state index in [2.05, 4.69) is 9.88 Å². The van der Waals surface area contributed by atoms with Crippen molar-refractivity contribution in [2.24, 2.45) is 0 Å². The summed E-state index contributed by atoms with van der Waals surface area (Å²) < 4.78 is 12.7. The minimum absolute atomic E-state index is 0.0670. The standard InChI is InChI=1S/C26H29ClN4O4/c1-4-29(26(33)28-21-12-11-18(34-2)16-23(21)35-3)17-24(32)31-15-14-30-13-7-10-22(30)25(31)19-8-5-6-9-20(19)27/h5-13,16,25H,4,14-15,17H2,1-3H3,(H,28,33). The molecule has 2 heterocycles. The molecule has 1 aromatic heterocycles. The Morgan fingerprint density at radius 2 is 1.89 bits per heavy atom. The van der Waals surface area contributed by atoms with Crippen LogP contribution in [-0.2, 0) is 11.3 Å². The monoisotopic (exact) mass is 496 g/mol. The van der Waals surface area contributed by atoms with Gasteiger partial charge in [-0.1, -0.05) is 29.8 Å².